The van der Waals surface area contributed by atoms with E-state index in [9.17, 15) is 14.7 Å². The molecule has 0 aromatic heterocycles. The van der Waals surface area contributed by atoms with Crippen LogP contribution in [0.4, 0.5) is 0 Å². The smallest absolute Gasteiger partial charge is 0.329 e. The molecule has 23 heavy (non-hydrogen) atoms. The second-order valence-electron chi connectivity index (χ2n) is 6.79. The Labute approximate surface area is 134 Å². The molecule has 2 saturated carbocycles. The highest BCUT2D eigenvalue weighted by atomic mass is 16.4. The van der Waals surface area contributed by atoms with Gasteiger partial charge in [-0.3, -0.25) is 4.79 Å². The van der Waals surface area contributed by atoms with Crippen molar-refractivity contribution in [2.75, 3.05) is 0 Å². The second kappa shape index (κ2) is 5.08. The van der Waals surface area contributed by atoms with Crippen LogP contribution in [-0.2, 0) is 9.59 Å². The zero-order chi connectivity index (χ0) is 16.0. The number of amides is 1. The number of carboxylic acids is 1. The normalized spacial score (nSPS) is 24.7. The maximum Gasteiger partial charge on any atom is 0.329 e. The van der Waals surface area contributed by atoms with Crippen LogP contribution in [0.25, 0.3) is 10.8 Å². The van der Waals surface area contributed by atoms with Crippen molar-refractivity contribution in [1.82, 2.24) is 5.32 Å². The summed E-state index contributed by atoms with van der Waals surface area (Å²) in [5.74, 6) is -0.885. The minimum atomic E-state index is -1.01. The van der Waals surface area contributed by atoms with Gasteiger partial charge in [0, 0.05) is 5.92 Å². The number of carbonyl (C=O) groups excluding carboxylic acids is 1. The van der Waals surface area contributed by atoms with Gasteiger partial charge < -0.3 is 10.4 Å². The topological polar surface area (TPSA) is 66.4 Å². The number of carboxylic acid groups (broad SMARTS) is 1. The van der Waals surface area contributed by atoms with E-state index in [1.165, 1.54) is 16.3 Å². The van der Waals surface area contributed by atoms with E-state index in [4.69, 9.17) is 0 Å². The molecule has 2 aromatic carbocycles. The van der Waals surface area contributed by atoms with Crippen molar-refractivity contribution in [3.63, 3.8) is 0 Å². The van der Waals surface area contributed by atoms with Crippen molar-refractivity contribution >= 4 is 22.6 Å². The van der Waals surface area contributed by atoms with E-state index < -0.39 is 11.5 Å². The molecule has 2 atom stereocenters. The number of carbonyl (C=O) groups is 2. The molecule has 0 spiro atoms. The van der Waals surface area contributed by atoms with Gasteiger partial charge in [-0.25, -0.2) is 4.79 Å². The summed E-state index contributed by atoms with van der Waals surface area (Å²) in [7, 11) is 0. The molecule has 2 N–H and O–H groups in total. The minimum Gasteiger partial charge on any atom is -0.480 e. The summed E-state index contributed by atoms with van der Waals surface area (Å²) in [6, 6.07) is 14.5. The molecule has 2 fully saturated rings. The summed E-state index contributed by atoms with van der Waals surface area (Å²) in [6.07, 6.45) is 2.76. The monoisotopic (exact) mass is 309 g/mol. The molecule has 4 heteroatoms. The lowest BCUT2D eigenvalue weighted by Gasteiger charge is -2.38. The van der Waals surface area contributed by atoms with Gasteiger partial charge in [0.05, 0.1) is 0 Å². The largest absolute Gasteiger partial charge is 0.480 e. The first-order valence-corrected chi connectivity index (χ1v) is 8.13. The molecule has 2 aliphatic carbocycles. The second-order valence-corrected chi connectivity index (χ2v) is 6.79. The van der Waals surface area contributed by atoms with E-state index in [0.717, 1.165) is 12.8 Å². The third kappa shape index (κ3) is 2.38. The summed E-state index contributed by atoms with van der Waals surface area (Å²) < 4.78 is 0. The molecule has 0 radical (unpaired) electrons. The quantitative estimate of drug-likeness (QED) is 0.912. The Morgan fingerprint density at radius 3 is 2.48 bits per heavy atom. The average molecular weight is 309 g/mol. The van der Waals surface area contributed by atoms with Gasteiger partial charge in [0.2, 0.25) is 5.91 Å². The zero-order valence-corrected chi connectivity index (χ0v) is 12.8. The van der Waals surface area contributed by atoms with Crippen LogP contribution in [0.5, 0.6) is 0 Å². The fourth-order valence-electron chi connectivity index (χ4n) is 3.54. The van der Waals surface area contributed by atoms with Gasteiger partial charge >= 0.3 is 5.97 Å². The lowest BCUT2D eigenvalue weighted by molar-refractivity contribution is -0.152. The van der Waals surface area contributed by atoms with E-state index in [1.54, 1.807) is 0 Å². The Balaban J connectivity index is 1.48. The van der Waals surface area contributed by atoms with E-state index in [2.05, 4.69) is 35.6 Å². The van der Waals surface area contributed by atoms with Crippen molar-refractivity contribution in [3.8, 4) is 0 Å². The van der Waals surface area contributed by atoms with Crippen molar-refractivity contribution in [3.05, 3.63) is 48.0 Å². The van der Waals surface area contributed by atoms with Crippen LogP contribution in [-0.4, -0.2) is 22.5 Å². The Morgan fingerprint density at radius 1 is 1.09 bits per heavy atom. The van der Waals surface area contributed by atoms with Crippen molar-refractivity contribution in [2.45, 2.75) is 37.1 Å². The molecule has 2 aromatic rings. The average Bonchev–Trinajstić information content (AvgIpc) is 3.30. The fraction of sp³-hybridized carbons (Fsp3) is 0.368. The molecule has 1 amide bonds. The number of aliphatic carboxylic acids is 1. The van der Waals surface area contributed by atoms with Crippen molar-refractivity contribution in [1.29, 1.82) is 0 Å². The Hall–Kier alpha value is -2.36. The highest BCUT2D eigenvalue weighted by Crippen LogP contribution is 2.48. The summed E-state index contributed by atoms with van der Waals surface area (Å²) in [5.41, 5.74) is 0.162. The lowest BCUT2D eigenvalue weighted by atomic mass is 9.76. The van der Waals surface area contributed by atoms with Gasteiger partial charge in [0.15, 0.2) is 0 Å². The van der Waals surface area contributed by atoms with E-state index in [-0.39, 0.29) is 17.7 Å². The molecule has 118 valence electrons. The number of nitrogens with one attached hydrogen (secondary N) is 1. The summed E-state index contributed by atoms with van der Waals surface area (Å²) in [6.45, 7) is 0. The van der Waals surface area contributed by atoms with Gasteiger partial charge in [-0.05, 0) is 47.9 Å². The van der Waals surface area contributed by atoms with Gasteiger partial charge in [-0.1, -0.05) is 42.5 Å². The van der Waals surface area contributed by atoms with Gasteiger partial charge in [0.1, 0.15) is 5.54 Å². The summed E-state index contributed by atoms with van der Waals surface area (Å²) >= 11 is 0. The number of benzene rings is 2. The van der Waals surface area contributed by atoms with E-state index in [1.807, 2.05) is 12.1 Å². The van der Waals surface area contributed by atoms with Gasteiger partial charge in [0.25, 0.3) is 0 Å². The van der Waals surface area contributed by atoms with Crippen LogP contribution in [0.2, 0.25) is 0 Å². The maximum atomic E-state index is 12.4. The zero-order valence-electron chi connectivity index (χ0n) is 12.8. The first-order valence-electron chi connectivity index (χ1n) is 8.13. The predicted octanol–water partition coefficient (Wildman–Crippen LogP) is 3.07. The van der Waals surface area contributed by atoms with E-state index in [0.29, 0.717) is 12.8 Å². The van der Waals surface area contributed by atoms with Crippen molar-refractivity contribution < 1.29 is 14.7 Å². The summed E-state index contributed by atoms with van der Waals surface area (Å²) in [5, 5.41) is 14.5. The van der Waals surface area contributed by atoms with Crippen LogP contribution in [0.15, 0.2) is 42.5 Å². The molecule has 0 bridgehead atoms. The van der Waals surface area contributed by atoms with Gasteiger partial charge in [-0.2, -0.15) is 0 Å². The maximum absolute atomic E-state index is 12.4. The van der Waals surface area contributed by atoms with Crippen LogP contribution >= 0.6 is 0 Å². The third-order valence-electron chi connectivity index (χ3n) is 5.31. The summed E-state index contributed by atoms with van der Waals surface area (Å²) in [4.78, 5) is 23.8. The molecule has 0 saturated heterocycles. The fourth-order valence-corrected chi connectivity index (χ4v) is 3.54. The number of hydrogen-bond donors (Lipinski definition) is 2. The highest BCUT2D eigenvalue weighted by Gasteiger charge is 2.50. The van der Waals surface area contributed by atoms with Crippen LogP contribution < -0.4 is 5.32 Å². The molecule has 0 heterocycles. The number of fused-ring (bicyclic) bond motifs is 1. The standard InChI is InChI=1S/C19H19NO3/c21-17(20-19(18(22)23)8-3-9-19)16-11-15(16)14-7-6-12-4-1-2-5-13(12)10-14/h1-2,4-7,10,15-16H,3,8-9,11H2,(H,20,21)(H,22,23). The molecule has 4 rings (SSSR count). The molecule has 2 aliphatic rings. The first-order chi connectivity index (χ1) is 11.1. The Kier molecular flexibility index (Phi) is 3.15. The molecule has 2 unspecified atom stereocenters. The Bertz CT molecular complexity index is 794. The van der Waals surface area contributed by atoms with Crippen LogP contribution in [0.3, 0.4) is 0 Å². The third-order valence-corrected chi connectivity index (χ3v) is 5.31. The van der Waals surface area contributed by atoms with Gasteiger partial charge in [-0.15, -0.1) is 0 Å². The molecular weight excluding hydrogens is 290 g/mol. The molecule has 4 nitrogen and oxygen atoms in total. The first kappa shape index (κ1) is 14.2. The Morgan fingerprint density at radius 2 is 1.83 bits per heavy atom. The highest BCUT2D eigenvalue weighted by molar-refractivity contribution is 5.91. The minimum absolute atomic E-state index is 0.0898. The SMILES string of the molecule is O=C(NC1(C(=O)O)CCC1)C1CC1c1ccc2ccccc2c1. The number of hydrogen-bond acceptors (Lipinski definition) is 2. The molecule has 0 aliphatic heterocycles. The van der Waals surface area contributed by atoms with Crippen molar-refractivity contribution in [2.24, 2.45) is 5.92 Å². The number of rotatable bonds is 4. The van der Waals surface area contributed by atoms with E-state index >= 15 is 0 Å². The lowest BCUT2D eigenvalue weighted by Crippen LogP contribution is -2.59. The van der Waals surface area contributed by atoms with Crippen LogP contribution in [0, 0.1) is 5.92 Å². The predicted molar refractivity (Wildman–Crippen MR) is 87.2 cm³/mol. The van der Waals surface area contributed by atoms with Crippen LogP contribution in [0.1, 0.15) is 37.2 Å². The molecular formula is C19H19NO3.